The van der Waals surface area contributed by atoms with Gasteiger partial charge in [-0.2, -0.15) is 0 Å². The Kier molecular flexibility index (Phi) is 10.7. The van der Waals surface area contributed by atoms with Gasteiger partial charge in [0.2, 0.25) is 5.91 Å². The average Bonchev–Trinajstić information content (AvgIpc) is 3.85. The highest BCUT2D eigenvalue weighted by Crippen LogP contribution is 2.38. The molecule has 13 nitrogen and oxygen atoms in total. The van der Waals surface area contributed by atoms with Crippen LogP contribution in [0.2, 0.25) is 5.02 Å². The van der Waals surface area contributed by atoms with Crippen molar-refractivity contribution in [2.45, 2.75) is 56.8 Å². The van der Waals surface area contributed by atoms with E-state index in [9.17, 15) is 24.6 Å². The van der Waals surface area contributed by atoms with Gasteiger partial charge in [0.15, 0.2) is 11.5 Å². The van der Waals surface area contributed by atoms with Gasteiger partial charge in [0.1, 0.15) is 18.1 Å². The molecule has 2 unspecified atom stereocenters. The van der Waals surface area contributed by atoms with Crippen LogP contribution in [0.15, 0.2) is 42.6 Å². The maximum absolute atomic E-state index is 12.5. The molecule has 3 aromatic rings. The number of halogens is 1. The van der Waals surface area contributed by atoms with E-state index < -0.39 is 24.1 Å². The van der Waals surface area contributed by atoms with Crippen molar-refractivity contribution in [1.82, 2.24) is 15.2 Å². The number of likely N-dealkylation sites (tertiary alicyclic amines) is 1. The van der Waals surface area contributed by atoms with Crippen molar-refractivity contribution in [3.8, 4) is 23.0 Å². The Labute approximate surface area is 270 Å². The van der Waals surface area contributed by atoms with Gasteiger partial charge in [0.05, 0.1) is 47.9 Å². The fourth-order valence-electron chi connectivity index (χ4n) is 5.21. The summed E-state index contributed by atoms with van der Waals surface area (Å²) in [4.78, 5) is 41.7. The third-order valence-electron chi connectivity index (χ3n) is 7.90. The SMILES string of the molecule is COc1cc2c(Oc3ccc(NC(=O)NC4CC4)c(Cl)c3)ccnc2cc1OCC(O)CC(O)CC(=O)N1CCC(C(=O)O)CC1. The van der Waals surface area contributed by atoms with Gasteiger partial charge in [-0.15, -0.1) is 0 Å². The number of ether oxygens (including phenoxy) is 3. The molecule has 2 fully saturated rings. The van der Waals surface area contributed by atoms with Gasteiger partial charge in [-0.05, 0) is 49.9 Å². The number of fused-ring (bicyclic) bond motifs is 1. The molecule has 5 rings (SSSR count). The van der Waals surface area contributed by atoms with E-state index in [0.29, 0.717) is 70.5 Å². The Morgan fingerprint density at radius 2 is 1.78 bits per heavy atom. The number of carbonyl (C=O) groups is 3. The summed E-state index contributed by atoms with van der Waals surface area (Å²) in [5, 5.41) is 36.6. The molecule has 0 spiro atoms. The molecule has 0 radical (unpaired) electrons. The van der Waals surface area contributed by atoms with Crippen LogP contribution in [0.5, 0.6) is 23.0 Å². The lowest BCUT2D eigenvalue weighted by atomic mass is 9.96. The third kappa shape index (κ3) is 8.68. The second-order valence-electron chi connectivity index (χ2n) is 11.5. The number of aliphatic hydroxyl groups excluding tert-OH is 2. The average molecular weight is 657 g/mol. The number of hydrogen-bond donors (Lipinski definition) is 5. The van der Waals surface area contributed by atoms with Crippen LogP contribution in [-0.2, 0) is 9.59 Å². The summed E-state index contributed by atoms with van der Waals surface area (Å²) in [5.74, 6) is -0.0176. The zero-order chi connectivity index (χ0) is 32.8. The lowest BCUT2D eigenvalue weighted by Gasteiger charge is -2.31. The van der Waals surface area contributed by atoms with Gasteiger partial charge < -0.3 is 45.1 Å². The first-order valence-electron chi connectivity index (χ1n) is 15.1. The van der Waals surface area contributed by atoms with Gasteiger partial charge in [-0.3, -0.25) is 14.6 Å². The number of aliphatic carboxylic acids is 1. The summed E-state index contributed by atoms with van der Waals surface area (Å²) in [5.41, 5.74) is 0.982. The third-order valence-corrected chi connectivity index (χ3v) is 8.21. The first-order valence-corrected chi connectivity index (χ1v) is 15.5. The van der Waals surface area contributed by atoms with E-state index >= 15 is 0 Å². The van der Waals surface area contributed by atoms with E-state index in [1.165, 1.54) is 7.11 Å². The van der Waals surface area contributed by atoms with Crippen molar-refractivity contribution in [3.63, 3.8) is 0 Å². The van der Waals surface area contributed by atoms with Gasteiger partial charge in [0.25, 0.3) is 0 Å². The zero-order valence-corrected chi connectivity index (χ0v) is 26.0. The van der Waals surface area contributed by atoms with E-state index in [0.717, 1.165) is 12.8 Å². The van der Waals surface area contributed by atoms with Crippen LogP contribution >= 0.6 is 11.6 Å². The maximum atomic E-state index is 12.5. The standard InChI is InChI=1S/C32H37ClN4O9/c1-44-28-15-23-26(34-9-6-27(23)46-22-4-5-25(24(33)14-22)36-32(43)35-19-2-3-19)16-29(28)45-17-21(39)12-20(38)13-30(40)37-10-7-18(8-11-37)31(41)42/h4-6,9,14-16,18-21,38-39H,2-3,7-8,10-13,17H2,1H3,(H,41,42)(H2,35,36,43). The molecule has 2 aromatic carbocycles. The monoisotopic (exact) mass is 656 g/mol. The van der Waals surface area contributed by atoms with Crippen LogP contribution in [0, 0.1) is 5.92 Å². The van der Waals surface area contributed by atoms with Crippen molar-refractivity contribution >= 4 is 46.1 Å². The predicted octanol–water partition coefficient (Wildman–Crippen LogP) is 4.18. The number of nitrogens with one attached hydrogen (secondary N) is 2. The van der Waals surface area contributed by atoms with E-state index in [1.807, 2.05) is 0 Å². The molecule has 1 saturated heterocycles. The largest absolute Gasteiger partial charge is 0.493 e. The number of benzene rings is 2. The van der Waals surface area contributed by atoms with Crippen molar-refractivity contribution in [2.75, 3.05) is 32.1 Å². The Balaban J connectivity index is 1.17. The fourth-order valence-corrected chi connectivity index (χ4v) is 5.42. The molecule has 1 saturated carbocycles. The van der Waals surface area contributed by atoms with Crippen LogP contribution in [0.3, 0.4) is 0 Å². The number of urea groups is 1. The topological polar surface area (TPSA) is 180 Å². The fraction of sp³-hybridized carbons (Fsp3) is 0.438. The number of amides is 3. The van der Waals surface area contributed by atoms with E-state index in [2.05, 4.69) is 15.6 Å². The maximum Gasteiger partial charge on any atom is 0.319 e. The highest BCUT2D eigenvalue weighted by atomic mass is 35.5. The molecule has 14 heteroatoms. The molecule has 2 aliphatic rings. The number of pyridine rings is 1. The minimum atomic E-state index is -1.10. The molecule has 3 amide bonds. The minimum Gasteiger partial charge on any atom is -0.493 e. The predicted molar refractivity (Wildman–Crippen MR) is 169 cm³/mol. The molecule has 2 atom stereocenters. The molecule has 1 aliphatic carbocycles. The van der Waals surface area contributed by atoms with Crippen molar-refractivity contribution in [1.29, 1.82) is 0 Å². The van der Waals surface area contributed by atoms with E-state index in [-0.39, 0.29) is 37.4 Å². The molecule has 0 bridgehead atoms. The minimum absolute atomic E-state index is 0.0917. The summed E-state index contributed by atoms with van der Waals surface area (Å²) >= 11 is 6.40. The Morgan fingerprint density at radius 3 is 2.46 bits per heavy atom. The van der Waals surface area contributed by atoms with E-state index in [4.69, 9.17) is 30.9 Å². The number of anilines is 1. The molecule has 2 heterocycles. The number of rotatable bonds is 13. The van der Waals surface area contributed by atoms with Crippen LogP contribution < -0.4 is 24.8 Å². The first kappa shape index (κ1) is 33.0. The number of methoxy groups -OCH3 is 1. The molecular weight excluding hydrogens is 620 g/mol. The smallest absolute Gasteiger partial charge is 0.319 e. The number of carboxylic acid groups (broad SMARTS) is 1. The quantitative estimate of drug-likeness (QED) is 0.179. The van der Waals surface area contributed by atoms with E-state index in [1.54, 1.807) is 47.5 Å². The zero-order valence-electron chi connectivity index (χ0n) is 25.3. The summed E-state index contributed by atoms with van der Waals surface area (Å²) in [6.45, 7) is 0.480. The highest BCUT2D eigenvalue weighted by molar-refractivity contribution is 6.33. The van der Waals surface area contributed by atoms with Crippen molar-refractivity contribution in [3.05, 3.63) is 47.6 Å². The van der Waals surface area contributed by atoms with Gasteiger partial charge in [0, 0.05) is 49.3 Å². The molecule has 46 heavy (non-hydrogen) atoms. The van der Waals surface area contributed by atoms with Crippen molar-refractivity contribution in [2.24, 2.45) is 5.92 Å². The highest BCUT2D eigenvalue weighted by Gasteiger charge is 2.28. The second-order valence-corrected chi connectivity index (χ2v) is 11.9. The Hall–Kier alpha value is -4.33. The number of carboxylic acids is 1. The van der Waals surface area contributed by atoms with Crippen LogP contribution in [0.25, 0.3) is 10.9 Å². The number of piperidine rings is 1. The normalized spacial score (nSPS) is 16.4. The molecular formula is C32H37ClN4O9. The lowest BCUT2D eigenvalue weighted by molar-refractivity contribution is -0.146. The molecule has 5 N–H and O–H groups in total. The number of nitrogens with zero attached hydrogens (tertiary/aromatic N) is 2. The van der Waals surface area contributed by atoms with Crippen molar-refractivity contribution < 1.29 is 43.9 Å². The van der Waals surface area contributed by atoms with Crippen LogP contribution in [0.4, 0.5) is 10.5 Å². The summed E-state index contributed by atoms with van der Waals surface area (Å²) in [6.07, 6.45) is 1.83. The number of aromatic nitrogens is 1. The van der Waals surface area contributed by atoms with Gasteiger partial charge >= 0.3 is 12.0 Å². The summed E-state index contributed by atoms with van der Waals surface area (Å²) in [7, 11) is 1.47. The number of hydrogen-bond acceptors (Lipinski definition) is 9. The van der Waals surface area contributed by atoms with Crippen LogP contribution in [0.1, 0.15) is 38.5 Å². The first-order chi connectivity index (χ1) is 22.1. The van der Waals surface area contributed by atoms with Gasteiger partial charge in [-0.1, -0.05) is 11.6 Å². The Bertz CT molecular complexity index is 1580. The summed E-state index contributed by atoms with van der Waals surface area (Å²) < 4.78 is 17.5. The second kappa shape index (κ2) is 14.8. The lowest BCUT2D eigenvalue weighted by Crippen LogP contribution is -2.41. The number of aliphatic hydroxyl groups is 2. The molecule has 1 aliphatic heterocycles. The molecule has 246 valence electrons. The van der Waals surface area contributed by atoms with Gasteiger partial charge in [-0.25, -0.2) is 4.79 Å². The Morgan fingerprint density at radius 1 is 1.02 bits per heavy atom. The number of carbonyl (C=O) groups excluding carboxylic acids is 2. The summed E-state index contributed by atoms with van der Waals surface area (Å²) in [6, 6.07) is 9.87. The van der Waals surface area contributed by atoms with Crippen LogP contribution in [-0.4, -0.2) is 88.2 Å². The molecule has 1 aromatic heterocycles.